The second-order valence-corrected chi connectivity index (χ2v) is 6.69. The Bertz CT molecular complexity index is 531. The Morgan fingerprint density at radius 3 is 2.19 bits per heavy atom. The number of nitrogen functional groups attached to an aromatic ring is 1. The van der Waals surface area contributed by atoms with Crippen molar-refractivity contribution >= 4 is 18.9 Å². The predicted molar refractivity (Wildman–Crippen MR) is 88.7 cm³/mol. The van der Waals surface area contributed by atoms with E-state index in [9.17, 15) is 0 Å². The third-order valence-corrected chi connectivity index (χ3v) is 4.27. The molecule has 0 spiro atoms. The maximum Gasteiger partial charge on any atom is 0.491 e. The van der Waals surface area contributed by atoms with Crippen LogP contribution >= 0.6 is 0 Å². The van der Waals surface area contributed by atoms with Crippen LogP contribution in [0.3, 0.4) is 0 Å². The second-order valence-electron chi connectivity index (χ2n) is 6.69. The topological polar surface area (TPSA) is 70.5 Å². The highest BCUT2D eigenvalue weighted by atomic mass is 16.7. The summed E-state index contributed by atoms with van der Waals surface area (Å²) >= 11 is 0. The predicted octanol–water partition coefficient (Wildman–Crippen LogP) is 2.55. The summed E-state index contributed by atoms with van der Waals surface area (Å²) in [6.07, 6.45) is 2.01. The zero-order valence-electron chi connectivity index (χ0n) is 13.6. The van der Waals surface area contributed by atoms with Gasteiger partial charge in [0.2, 0.25) is 0 Å². The zero-order valence-corrected chi connectivity index (χ0v) is 13.6. The zero-order chi connectivity index (χ0) is 15.8. The summed E-state index contributed by atoms with van der Waals surface area (Å²) in [6.45, 7) is 10.5. The van der Waals surface area contributed by atoms with Crippen molar-refractivity contribution in [3.63, 3.8) is 0 Å². The van der Waals surface area contributed by atoms with Crippen molar-refractivity contribution in [3.8, 4) is 0 Å². The molecule has 1 saturated heterocycles. The van der Waals surface area contributed by atoms with Gasteiger partial charge < -0.3 is 20.8 Å². The lowest BCUT2D eigenvalue weighted by Gasteiger charge is -2.32. The van der Waals surface area contributed by atoms with E-state index >= 15 is 0 Å². The lowest BCUT2D eigenvalue weighted by atomic mass is 9.77. The van der Waals surface area contributed by atoms with Gasteiger partial charge in [0.1, 0.15) is 0 Å². The minimum absolute atomic E-state index is 0.364. The molecule has 1 aliphatic heterocycles. The molecule has 21 heavy (non-hydrogen) atoms. The SMILES string of the molecule is Cc1cc(N)cc(C=C(CN)B2OC(C)(C)C(C)(C)O2)c1. The third kappa shape index (κ3) is 3.31. The molecule has 0 aromatic heterocycles. The molecule has 0 atom stereocenters. The molecule has 1 aromatic carbocycles. The summed E-state index contributed by atoms with van der Waals surface area (Å²) in [6, 6.07) is 5.93. The Kier molecular flexibility index (Phi) is 4.20. The van der Waals surface area contributed by atoms with Gasteiger partial charge in [-0.3, -0.25) is 0 Å². The van der Waals surface area contributed by atoms with E-state index in [2.05, 4.69) is 6.07 Å². The van der Waals surface area contributed by atoms with Crippen LogP contribution in [0.2, 0.25) is 0 Å². The molecule has 0 amide bonds. The van der Waals surface area contributed by atoms with Gasteiger partial charge in [0.25, 0.3) is 0 Å². The molecule has 4 nitrogen and oxygen atoms in total. The van der Waals surface area contributed by atoms with E-state index < -0.39 is 7.12 Å². The number of hydrogen-bond donors (Lipinski definition) is 2. The first-order chi connectivity index (χ1) is 9.64. The maximum atomic E-state index is 6.05. The highest BCUT2D eigenvalue weighted by Crippen LogP contribution is 2.38. The molecule has 1 aromatic rings. The lowest BCUT2D eigenvalue weighted by Crippen LogP contribution is -2.41. The normalized spacial score (nSPS) is 20.9. The highest BCUT2D eigenvalue weighted by molar-refractivity contribution is 6.55. The molecule has 2 rings (SSSR count). The van der Waals surface area contributed by atoms with E-state index in [1.165, 1.54) is 0 Å². The average molecular weight is 288 g/mol. The summed E-state index contributed by atoms with van der Waals surface area (Å²) in [5.41, 5.74) is 14.9. The Labute approximate surface area is 127 Å². The van der Waals surface area contributed by atoms with Crippen molar-refractivity contribution in [3.05, 3.63) is 34.8 Å². The van der Waals surface area contributed by atoms with Gasteiger partial charge >= 0.3 is 7.12 Å². The van der Waals surface area contributed by atoms with Gasteiger partial charge in [-0.05, 0) is 63.4 Å². The Hall–Kier alpha value is -1.30. The molecule has 1 fully saturated rings. The van der Waals surface area contributed by atoms with E-state index in [0.29, 0.717) is 6.54 Å². The summed E-state index contributed by atoms with van der Waals surface area (Å²) in [7, 11) is -0.415. The van der Waals surface area contributed by atoms with Gasteiger partial charge in [-0.2, -0.15) is 0 Å². The van der Waals surface area contributed by atoms with Crippen LogP contribution in [0.5, 0.6) is 0 Å². The molecule has 0 aliphatic carbocycles. The first-order valence-corrected chi connectivity index (χ1v) is 7.28. The van der Waals surface area contributed by atoms with E-state index in [-0.39, 0.29) is 11.2 Å². The second kappa shape index (κ2) is 5.48. The molecule has 1 aliphatic rings. The first-order valence-electron chi connectivity index (χ1n) is 7.28. The Morgan fingerprint density at radius 2 is 1.71 bits per heavy atom. The van der Waals surface area contributed by atoms with Crippen LogP contribution in [0, 0.1) is 6.92 Å². The minimum atomic E-state index is -0.415. The van der Waals surface area contributed by atoms with Crippen molar-refractivity contribution in [1.29, 1.82) is 0 Å². The van der Waals surface area contributed by atoms with Crippen LogP contribution in [0.1, 0.15) is 38.8 Å². The van der Waals surface area contributed by atoms with Gasteiger partial charge in [-0.1, -0.05) is 12.1 Å². The van der Waals surface area contributed by atoms with Crippen LogP contribution in [-0.2, 0) is 9.31 Å². The van der Waals surface area contributed by atoms with Crippen LogP contribution in [-0.4, -0.2) is 24.9 Å². The number of aryl methyl sites for hydroxylation is 1. The Balaban J connectivity index is 2.30. The lowest BCUT2D eigenvalue weighted by molar-refractivity contribution is 0.00578. The number of anilines is 1. The maximum absolute atomic E-state index is 6.05. The number of benzene rings is 1. The number of rotatable bonds is 3. The van der Waals surface area contributed by atoms with Gasteiger partial charge in [0.15, 0.2) is 0 Å². The third-order valence-electron chi connectivity index (χ3n) is 4.27. The van der Waals surface area contributed by atoms with Crippen molar-refractivity contribution in [2.75, 3.05) is 12.3 Å². The fourth-order valence-electron chi connectivity index (χ4n) is 2.36. The highest BCUT2D eigenvalue weighted by Gasteiger charge is 2.52. The smallest absolute Gasteiger partial charge is 0.400 e. The molecular formula is C16H25BN2O2. The quantitative estimate of drug-likeness (QED) is 0.662. The number of hydrogen-bond acceptors (Lipinski definition) is 4. The van der Waals surface area contributed by atoms with Crippen molar-refractivity contribution in [2.45, 2.75) is 45.8 Å². The van der Waals surface area contributed by atoms with Crippen molar-refractivity contribution in [1.82, 2.24) is 0 Å². The molecule has 0 saturated carbocycles. The van der Waals surface area contributed by atoms with Crippen molar-refractivity contribution < 1.29 is 9.31 Å². The fourth-order valence-corrected chi connectivity index (χ4v) is 2.36. The minimum Gasteiger partial charge on any atom is -0.400 e. The van der Waals surface area contributed by atoms with Gasteiger partial charge in [-0.15, -0.1) is 0 Å². The summed E-state index contributed by atoms with van der Waals surface area (Å²) in [4.78, 5) is 0. The monoisotopic (exact) mass is 288 g/mol. The summed E-state index contributed by atoms with van der Waals surface area (Å²) in [5, 5.41) is 0. The molecule has 0 unspecified atom stereocenters. The van der Waals surface area contributed by atoms with Gasteiger partial charge in [-0.25, -0.2) is 0 Å². The van der Waals surface area contributed by atoms with Crippen LogP contribution in [0.4, 0.5) is 5.69 Å². The van der Waals surface area contributed by atoms with Gasteiger partial charge in [0, 0.05) is 12.2 Å². The molecule has 4 N–H and O–H groups in total. The summed E-state index contributed by atoms with van der Waals surface area (Å²) < 4.78 is 12.1. The number of nitrogens with two attached hydrogens (primary N) is 2. The largest absolute Gasteiger partial charge is 0.491 e. The van der Waals surface area contributed by atoms with Gasteiger partial charge in [0.05, 0.1) is 11.2 Å². The van der Waals surface area contributed by atoms with Crippen LogP contribution in [0.25, 0.3) is 6.08 Å². The molecule has 114 valence electrons. The average Bonchev–Trinajstić information content (AvgIpc) is 2.54. The molecule has 1 heterocycles. The van der Waals surface area contributed by atoms with Crippen LogP contribution < -0.4 is 11.5 Å². The fraction of sp³-hybridized carbons (Fsp3) is 0.500. The first kappa shape index (κ1) is 16.1. The molecule has 0 radical (unpaired) electrons. The molecule has 0 bridgehead atoms. The van der Waals surface area contributed by atoms with Crippen molar-refractivity contribution in [2.24, 2.45) is 5.73 Å². The van der Waals surface area contributed by atoms with Crippen LogP contribution in [0.15, 0.2) is 23.7 Å². The van der Waals surface area contributed by atoms with E-state index in [1.54, 1.807) is 0 Å². The van der Waals surface area contributed by atoms with E-state index in [4.69, 9.17) is 20.8 Å². The molecule has 5 heteroatoms. The van der Waals surface area contributed by atoms with E-state index in [0.717, 1.165) is 22.3 Å². The summed E-state index contributed by atoms with van der Waals surface area (Å²) in [5.74, 6) is 0. The standard InChI is InChI=1S/C16H25BN2O2/c1-11-6-12(9-14(19)7-11)8-13(10-18)17-20-15(2,3)16(4,5)21-17/h6-9H,10,18-19H2,1-5H3. The Morgan fingerprint density at radius 1 is 1.14 bits per heavy atom. The van der Waals surface area contributed by atoms with E-state index in [1.807, 2.05) is 52.8 Å². The molecular weight excluding hydrogens is 263 g/mol.